The predicted octanol–water partition coefficient (Wildman–Crippen LogP) is 3.10. The summed E-state index contributed by atoms with van der Waals surface area (Å²) in [5.74, 6) is -1.76. The number of aromatic nitrogens is 2. The molecule has 1 amide bonds. The minimum atomic E-state index is -0.692. The Kier molecular flexibility index (Phi) is 3.58. The van der Waals surface area contributed by atoms with E-state index in [0.717, 1.165) is 12.1 Å². The molecule has 0 fully saturated rings. The maximum Gasteiger partial charge on any atom is 0.271 e. The van der Waals surface area contributed by atoms with Crippen molar-refractivity contribution in [1.82, 2.24) is 14.7 Å². The molecule has 0 saturated heterocycles. The fraction of sp³-hybridized carbons (Fsp3) is 0.125. The zero-order valence-corrected chi connectivity index (χ0v) is 11.8. The van der Waals surface area contributed by atoms with Crippen molar-refractivity contribution in [2.24, 2.45) is 0 Å². The third-order valence-corrected chi connectivity index (χ3v) is 3.37. The Bertz CT molecular complexity index is 811. The van der Waals surface area contributed by atoms with Gasteiger partial charge in [-0.3, -0.25) is 4.79 Å². The number of carbonyl (C=O) groups excluding carboxylic acids is 1. The van der Waals surface area contributed by atoms with Gasteiger partial charge in [0.1, 0.15) is 23.0 Å². The number of hydrogen-bond donors (Lipinski definition) is 1. The maximum atomic E-state index is 13.7. The van der Waals surface area contributed by atoms with Crippen molar-refractivity contribution >= 4 is 11.6 Å². The number of halogens is 2. The molecule has 1 N–H and O–H groups in total. The number of pyridine rings is 1. The first-order valence-electron chi connectivity index (χ1n) is 6.74. The lowest BCUT2D eigenvalue weighted by Crippen LogP contribution is -2.27. The van der Waals surface area contributed by atoms with E-state index < -0.39 is 23.6 Å². The van der Waals surface area contributed by atoms with Gasteiger partial charge in [-0.1, -0.05) is 12.1 Å². The van der Waals surface area contributed by atoms with E-state index in [9.17, 15) is 13.6 Å². The average molecular weight is 301 g/mol. The summed E-state index contributed by atoms with van der Waals surface area (Å²) < 4.78 is 28.3. The second kappa shape index (κ2) is 5.55. The summed E-state index contributed by atoms with van der Waals surface area (Å²) in [7, 11) is 0. The largest absolute Gasteiger partial charge is 0.344 e. The summed E-state index contributed by atoms with van der Waals surface area (Å²) >= 11 is 0. The van der Waals surface area contributed by atoms with Crippen molar-refractivity contribution in [2.75, 3.05) is 0 Å². The van der Waals surface area contributed by atoms with Crippen LogP contribution in [0.2, 0.25) is 0 Å². The molecule has 0 saturated carbocycles. The van der Waals surface area contributed by atoms with E-state index >= 15 is 0 Å². The van der Waals surface area contributed by atoms with Crippen LogP contribution in [0, 0.1) is 11.6 Å². The number of imidazole rings is 1. The molecular formula is C16H13F2N3O. The van der Waals surface area contributed by atoms with E-state index in [1.807, 2.05) is 12.1 Å². The molecule has 3 aromatic rings. The van der Waals surface area contributed by atoms with E-state index in [-0.39, 0.29) is 11.3 Å². The quantitative estimate of drug-likeness (QED) is 0.808. The van der Waals surface area contributed by atoms with Gasteiger partial charge in [0.05, 0.1) is 6.04 Å². The van der Waals surface area contributed by atoms with Crippen molar-refractivity contribution < 1.29 is 13.6 Å². The Labute approximate surface area is 125 Å². The predicted molar refractivity (Wildman–Crippen MR) is 77.4 cm³/mol. The Morgan fingerprint density at radius 1 is 1.27 bits per heavy atom. The Morgan fingerprint density at radius 3 is 2.82 bits per heavy atom. The highest BCUT2D eigenvalue weighted by Crippen LogP contribution is 2.18. The third kappa shape index (κ3) is 2.67. The molecule has 2 aromatic heterocycles. The first kappa shape index (κ1) is 14.2. The molecule has 0 aliphatic carbocycles. The van der Waals surface area contributed by atoms with Gasteiger partial charge in [-0.25, -0.2) is 13.8 Å². The van der Waals surface area contributed by atoms with Crippen LogP contribution in [0.25, 0.3) is 5.65 Å². The molecule has 1 atom stereocenters. The van der Waals surface area contributed by atoms with E-state index in [2.05, 4.69) is 10.3 Å². The van der Waals surface area contributed by atoms with E-state index in [1.165, 1.54) is 6.07 Å². The molecule has 0 spiro atoms. The normalized spacial score (nSPS) is 12.3. The highest BCUT2D eigenvalue weighted by Gasteiger charge is 2.17. The topological polar surface area (TPSA) is 46.4 Å². The lowest BCUT2D eigenvalue weighted by Gasteiger charge is -2.14. The summed E-state index contributed by atoms with van der Waals surface area (Å²) in [5, 5.41) is 2.66. The number of hydrogen-bond acceptors (Lipinski definition) is 2. The van der Waals surface area contributed by atoms with Gasteiger partial charge in [-0.2, -0.15) is 0 Å². The Hall–Kier alpha value is -2.76. The fourth-order valence-corrected chi connectivity index (χ4v) is 2.25. The first-order chi connectivity index (χ1) is 10.5. The number of fused-ring (bicyclic) bond motifs is 1. The molecule has 0 bridgehead atoms. The molecule has 0 aliphatic heterocycles. The van der Waals surface area contributed by atoms with Gasteiger partial charge in [0.15, 0.2) is 0 Å². The fourth-order valence-electron chi connectivity index (χ4n) is 2.25. The van der Waals surface area contributed by atoms with Crippen molar-refractivity contribution in [1.29, 1.82) is 0 Å². The molecular weight excluding hydrogens is 288 g/mol. The van der Waals surface area contributed by atoms with Crippen LogP contribution in [0.4, 0.5) is 8.78 Å². The van der Waals surface area contributed by atoms with Crippen molar-refractivity contribution in [3.63, 3.8) is 0 Å². The van der Waals surface area contributed by atoms with E-state index in [4.69, 9.17) is 0 Å². The Balaban J connectivity index is 1.81. The van der Waals surface area contributed by atoms with Crippen LogP contribution in [-0.4, -0.2) is 15.3 Å². The molecule has 22 heavy (non-hydrogen) atoms. The molecule has 2 heterocycles. The zero-order chi connectivity index (χ0) is 15.7. The molecule has 1 aromatic carbocycles. The monoisotopic (exact) mass is 301 g/mol. The molecule has 0 unspecified atom stereocenters. The number of carbonyl (C=O) groups is 1. The standard InChI is InChI=1S/C16H13F2N3O/c1-10(12-6-5-11(17)8-13(12)18)19-16(22)14-9-21-7-3-2-4-15(21)20-14/h2-10H,1H3,(H,19,22)/t10-/m1/s1. The number of benzene rings is 1. The first-order valence-corrected chi connectivity index (χ1v) is 6.74. The lowest BCUT2D eigenvalue weighted by molar-refractivity contribution is 0.0935. The average Bonchev–Trinajstić information content (AvgIpc) is 2.91. The lowest BCUT2D eigenvalue weighted by atomic mass is 10.1. The van der Waals surface area contributed by atoms with Crippen LogP contribution in [-0.2, 0) is 0 Å². The number of nitrogens with zero attached hydrogens (tertiary/aromatic N) is 2. The van der Waals surface area contributed by atoms with Gasteiger partial charge in [0.25, 0.3) is 5.91 Å². The third-order valence-electron chi connectivity index (χ3n) is 3.37. The van der Waals surface area contributed by atoms with E-state index in [0.29, 0.717) is 5.65 Å². The SMILES string of the molecule is C[C@@H](NC(=O)c1cn2ccccc2n1)c1ccc(F)cc1F. The number of nitrogens with one attached hydrogen (secondary N) is 1. The molecule has 0 radical (unpaired) electrons. The van der Waals surface area contributed by atoms with Gasteiger partial charge >= 0.3 is 0 Å². The van der Waals surface area contributed by atoms with Crippen LogP contribution in [0.5, 0.6) is 0 Å². The van der Waals surface area contributed by atoms with Crippen LogP contribution >= 0.6 is 0 Å². The minimum absolute atomic E-state index is 0.221. The van der Waals surface area contributed by atoms with Gasteiger partial charge in [0.2, 0.25) is 0 Å². The maximum absolute atomic E-state index is 13.7. The number of rotatable bonds is 3. The number of amides is 1. The van der Waals surface area contributed by atoms with E-state index in [1.54, 1.807) is 29.8 Å². The highest BCUT2D eigenvalue weighted by molar-refractivity contribution is 5.93. The summed E-state index contributed by atoms with van der Waals surface area (Å²) in [6, 6.07) is 8.10. The van der Waals surface area contributed by atoms with Crippen molar-refractivity contribution in [3.8, 4) is 0 Å². The second-order valence-corrected chi connectivity index (χ2v) is 4.95. The van der Waals surface area contributed by atoms with Crippen LogP contribution in [0.3, 0.4) is 0 Å². The van der Waals surface area contributed by atoms with Gasteiger partial charge < -0.3 is 9.72 Å². The summed E-state index contributed by atoms with van der Waals surface area (Å²) in [5.41, 5.74) is 1.10. The molecule has 4 nitrogen and oxygen atoms in total. The van der Waals surface area contributed by atoms with Crippen LogP contribution in [0.1, 0.15) is 29.0 Å². The minimum Gasteiger partial charge on any atom is -0.344 e. The van der Waals surface area contributed by atoms with Gasteiger partial charge in [-0.15, -0.1) is 0 Å². The Morgan fingerprint density at radius 2 is 2.09 bits per heavy atom. The molecule has 112 valence electrons. The van der Waals surface area contributed by atoms with Gasteiger partial charge in [-0.05, 0) is 25.1 Å². The smallest absolute Gasteiger partial charge is 0.271 e. The molecule has 0 aliphatic rings. The molecule has 3 rings (SSSR count). The molecule has 6 heteroatoms. The van der Waals surface area contributed by atoms with Crippen molar-refractivity contribution in [3.05, 3.63) is 71.7 Å². The van der Waals surface area contributed by atoms with Crippen molar-refractivity contribution in [2.45, 2.75) is 13.0 Å². The van der Waals surface area contributed by atoms with Crippen LogP contribution < -0.4 is 5.32 Å². The van der Waals surface area contributed by atoms with Gasteiger partial charge in [0, 0.05) is 24.0 Å². The van der Waals surface area contributed by atoms with Crippen LogP contribution in [0.15, 0.2) is 48.8 Å². The summed E-state index contributed by atoms with van der Waals surface area (Å²) in [6.45, 7) is 1.63. The zero-order valence-electron chi connectivity index (χ0n) is 11.8. The second-order valence-electron chi connectivity index (χ2n) is 4.95. The summed E-state index contributed by atoms with van der Waals surface area (Å²) in [4.78, 5) is 16.4. The summed E-state index contributed by atoms with van der Waals surface area (Å²) in [6.07, 6.45) is 3.38. The highest BCUT2D eigenvalue weighted by atomic mass is 19.1.